The van der Waals surface area contributed by atoms with Crippen LogP contribution in [0.15, 0.2) is 69.6 Å². The number of anilines is 1. The third-order valence-electron chi connectivity index (χ3n) is 7.60. The maximum absolute atomic E-state index is 14.4. The molecule has 0 saturated carbocycles. The molecule has 3 aromatic rings. The normalized spacial score (nSPS) is 17.5. The summed E-state index contributed by atoms with van der Waals surface area (Å²) in [6, 6.07) is 14.3. The van der Waals surface area contributed by atoms with E-state index in [1.807, 2.05) is 69.3 Å². The van der Waals surface area contributed by atoms with Crippen LogP contribution >= 0.6 is 11.3 Å². The SMILES string of the molecule is CCCCN1C(=O)/C(=c2\sc3n(c2=O)[C@H](c2ccccc2OC)C(C(=O)N(CC)CC)=C(C)N=3)c2ccccc21. The Balaban J connectivity index is 1.81. The zero-order chi connectivity index (χ0) is 28.6. The van der Waals surface area contributed by atoms with Crippen molar-refractivity contribution < 1.29 is 14.3 Å². The minimum Gasteiger partial charge on any atom is -0.496 e. The molecule has 0 aliphatic carbocycles. The number of thiazole rings is 1. The number of carbonyl (C=O) groups is 2. The number of nitrogens with zero attached hydrogens (tertiary/aromatic N) is 4. The van der Waals surface area contributed by atoms with Crippen LogP contribution in [0.3, 0.4) is 0 Å². The molecule has 0 saturated heterocycles. The highest BCUT2D eigenvalue weighted by Crippen LogP contribution is 2.37. The van der Waals surface area contributed by atoms with Crippen LogP contribution in [0.5, 0.6) is 5.75 Å². The molecular formula is C31H34N4O4S. The van der Waals surface area contributed by atoms with Gasteiger partial charge in [-0.2, -0.15) is 0 Å². The third kappa shape index (κ3) is 4.38. The second-order valence-corrected chi connectivity index (χ2v) is 10.8. The van der Waals surface area contributed by atoms with E-state index >= 15 is 0 Å². The van der Waals surface area contributed by atoms with Crippen molar-refractivity contribution in [1.82, 2.24) is 9.47 Å². The molecule has 1 aromatic heterocycles. The number of methoxy groups -OCH3 is 1. The average molecular weight is 559 g/mol. The third-order valence-corrected chi connectivity index (χ3v) is 8.65. The Bertz CT molecular complexity index is 1700. The van der Waals surface area contributed by atoms with Crippen LogP contribution in [0.4, 0.5) is 5.69 Å². The number of fused-ring (bicyclic) bond motifs is 2. The highest BCUT2D eigenvalue weighted by Gasteiger charge is 2.38. The Morgan fingerprint density at radius 2 is 1.75 bits per heavy atom. The molecule has 9 heteroatoms. The molecule has 0 bridgehead atoms. The number of amides is 2. The molecule has 3 heterocycles. The number of ether oxygens (including phenoxy) is 1. The minimum atomic E-state index is -0.752. The first-order valence-electron chi connectivity index (χ1n) is 13.8. The van der Waals surface area contributed by atoms with Crippen LogP contribution in [0.1, 0.15) is 57.7 Å². The summed E-state index contributed by atoms with van der Waals surface area (Å²) >= 11 is 1.20. The van der Waals surface area contributed by atoms with E-state index in [0.29, 0.717) is 57.1 Å². The smallest absolute Gasteiger partial charge is 0.271 e. The van der Waals surface area contributed by atoms with Crippen LogP contribution in [0, 0.1) is 0 Å². The molecule has 2 aliphatic heterocycles. The van der Waals surface area contributed by atoms with Crippen molar-refractivity contribution in [1.29, 1.82) is 0 Å². The number of unbranched alkanes of at least 4 members (excludes halogenated alkanes) is 1. The summed E-state index contributed by atoms with van der Waals surface area (Å²) in [5.41, 5.74) is 3.29. The number of likely N-dealkylation sites (N-methyl/N-ethyl adjacent to an activating group) is 1. The molecule has 0 spiro atoms. The molecule has 208 valence electrons. The Morgan fingerprint density at radius 3 is 2.45 bits per heavy atom. The summed E-state index contributed by atoms with van der Waals surface area (Å²) in [6.45, 7) is 9.39. The van der Waals surface area contributed by atoms with Gasteiger partial charge in [0.15, 0.2) is 4.80 Å². The second kappa shape index (κ2) is 11.3. The zero-order valence-corrected chi connectivity index (χ0v) is 24.4. The Kier molecular flexibility index (Phi) is 7.76. The van der Waals surface area contributed by atoms with E-state index in [1.54, 1.807) is 21.5 Å². The van der Waals surface area contributed by atoms with E-state index in [1.165, 1.54) is 11.3 Å². The van der Waals surface area contributed by atoms with Gasteiger partial charge in [-0.1, -0.05) is 61.1 Å². The summed E-state index contributed by atoms with van der Waals surface area (Å²) < 4.78 is 7.60. The maximum Gasteiger partial charge on any atom is 0.271 e. The number of carbonyl (C=O) groups excluding carboxylic acids is 2. The predicted molar refractivity (Wildman–Crippen MR) is 157 cm³/mol. The van der Waals surface area contributed by atoms with Gasteiger partial charge in [-0.15, -0.1) is 0 Å². The lowest BCUT2D eigenvalue weighted by molar-refractivity contribution is -0.127. The molecule has 0 unspecified atom stereocenters. The van der Waals surface area contributed by atoms with E-state index < -0.39 is 6.04 Å². The van der Waals surface area contributed by atoms with Crippen molar-refractivity contribution in [3.8, 4) is 5.75 Å². The van der Waals surface area contributed by atoms with Gasteiger partial charge in [0.25, 0.3) is 17.4 Å². The molecule has 1 atom stereocenters. The lowest BCUT2D eigenvalue weighted by atomic mass is 9.94. The van der Waals surface area contributed by atoms with Gasteiger partial charge in [-0.25, -0.2) is 4.99 Å². The predicted octanol–water partition coefficient (Wildman–Crippen LogP) is 3.63. The number of rotatable bonds is 8. The van der Waals surface area contributed by atoms with Gasteiger partial charge in [0, 0.05) is 30.8 Å². The largest absolute Gasteiger partial charge is 0.496 e. The van der Waals surface area contributed by atoms with Crippen LogP contribution < -0.4 is 24.5 Å². The van der Waals surface area contributed by atoms with Gasteiger partial charge < -0.3 is 14.5 Å². The van der Waals surface area contributed by atoms with Gasteiger partial charge in [0.05, 0.1) is 29.6 Å². The number of hydrogen-bond acceptors (Lipinski definition) is 6. The van der Waals surface area contributed by atoms with Crippen molar-refractivity contribution in [2.75, 3.05) is 31.6 Å². The summed E-state index contributed by atoms with van der Waals surface area (Å²) in [4.78, 5) is 50.8. The molecule has 2 aliphatic rings. The summed E-state index contributed by atoms with van der Waals surface area (Å²) in [7, 11) is 1.58. The number of allylic oxidation sites excluding steroid dienone is 1. The van der Waals surface area contributed by atoms with Crippen LogP contribution in [0.2, 0.25) is 0 Å². The van der Waals surface area contributed by atoms with Crippen molar-refractivity contribution in [2.45, 2.75) is 46.6 Å². The number of benzene rings is 2. The molecule has 40 heavy (non-hydrogen) atoms. The van der Waals surface area contributed by atoms with Crippen molar-refractivity contribution in [2.24, 2.45) is 4.99 Å². The van der Waals surface area contributed by atoms with Crippen molar-refractivity contribution >= 4 is 34.4 Å². The fraction of sp³-hybridized carbons (Fsp3) is 0.355. The first-order chi connectivity index (χ1) is 19.4. The highest BCUT2D eigenvalue weighted by molar-refractivity contribution is 7.07. The summed E-state index contributed by atoms with van der Waals surface area (Å²) in [6.07, 6.45) is 1.81. The molecule has 5 rings (SSSR count). The van der Waals surface area contributed by atoms with Gasteiger partial charge in [0.1, 0.15) is 16.3 Å². The Labute approximate surface area is 237 Å². The van der Waals surface area contributed by atoms with Crippen molar-refractivity contribution in [3.05, 3.63) is 90.6 Å². The Morgan fingerprint density at radius 1 is 1.05 bits per heavy atom. The van der Waals surface area contributed by atoms with E-state index in [9.17, 15) is 14.4 Å². The van der Waals surface area contributed by atoms with Crippen molar-refractivity contribution in [3.63, 3.8) is 0 Å². The monoisotopic (exact) mass is 558 g/mol. The average Bonchev–Trinajstić information content (AvgIpc) is 3.43. The first-order valence-corrected chi connectivity index (χ1v) is 14.6. The molecule has 0 radical (unpaired) electrons. The molecule has 2 aromatic carbocycles. The topological polar surface area (TPSA) is 84.2 Å². The van der Waals surface area contributed by atoms with Gasteiger partial charge in [-0.3, -0.25) is 19.0 Å². The van der Waals surface area contributed by atoms with Crippen LogP contribution in [0.25, 0.3) is 5.57 Å². The van der Waals surface area contributed by atoms with Gasteiger partial charge >= 0.3 is 0 Å². The molecule has 2 amide bonds. The quantitative estimate of drug-likeness (QED) is 0.423. The second-order valence-electron chi connectivity index (χ2n) is 9.82. The number of hydrogen-bond donors (Lipinski definition) is 0. The fourth-order valence-corrected chi connectivity index (χ4v) is 6.69. The first kappa shape index (κ1) is 27.6. The number of aromatic nitrogens is 1. The fourth-order valence-electron chi connectivity index (χ4n) is 5.55. The Hall–Kier alpha value is -3.98. The van der Waals surface area contributed by atoms with Gasteiger partial charge in [0.2, 0.25) is 0 Å². The molecule has 0 fully saturated rings. The lowest BCUT2D eigenvalue weighted by Crippen LogP contribution is -2.43. The molecule has 0 N–H and O–H groups in total. The van der Waals surface area contributed by atoms with E-state index in [4.69, 9.17) is 9.73 Å². The zero-order valence-electron chi connectivity index (χ0n) is 23.6. The number of para-hydroxylation sites is 2. The van der Waals surface area contributed by atoms with Crippen LogP contribution in [-0.4, -0.2) is 48.0 Å². The van der Waals surface area contributed by atoms with E-state index in [0.717, 1.165) is 24.1 Å². The highest BCUT2D eigenvalue weighted by atomic mass is 32.1. The van der Waals surface area contributed by atoms with Crippen LogP contribution in [-0.2, 0) is 9.59 Å². The van der Waals surface area contributed by atoms with Gasteiger partial charge in [-0.05, 0) is 39.3 Å². The standard InChI is InChI=1S/C31H34N4O4S/c1-6-9-18-34-22-16-12-10-14-20(22)25(29(34)37)27-30(38)35-26(21-15-11-13-17-23(21)39-5)24(19(4)32-31(35)40-27)28(36)33(7-2)8-3/h10-17,26H,6-9,18H2,1-5H3/b27-25-/t26-/m1/s1. The summed E-state index contributed by atoms with van der Waals surface area (Å²) in [5.74, 6) is 0.218. The van der Waals surface area contributed by atoms with E-state index in [-0.39, 0.29) is 17.4 Å². The molecular weight excluding hydrogens is 524 g/mol. The minimum absolute atomic E-state index is 0.173. The summed E-state index contributed by atoms with van der Waals surface area (Å²) in [5, 5.41) is 0. The lowest BCUT2D eigenvalue weighted by Gasteiger charge is -2.29. The maximum atomic E-state index is 14.4. The molecule has 8 nitrogen and oxygen atoms in total. The van der Waals surface area contributed by atoms with E-state index in [2.05, 4.69) is 6.92 Å².